The molecule has 1 aliphatic heterocycles. The number of aromatic nitrogens is 2. The number of hydrogen-bond donors (Lipinski definition) is 3. The Hall–Kier alpha value is -3.07. The second-order valence-electron chi connectivity index (χ2n) is 6.86. The molecular formula is C22H23Cl2N5O3. The van der Waals surface area contributed by atoms with Crippen LogP contribution in [0.15, 0.2) is 53.6 Å². The predicted octanol–water partition coefficient (Wildman–Crippen LogP) is 3.75. The molecule has 0 spiro atoms. The zero-order chi connectivity index (χ0) is 23.1. The summed E-state index contributed by atoms with van der Waals surface area (Å²) in [6.07, 6.45) is 3.95. The molecule has 2 heterocycles. The molecule has 1 aromatic heterocycles. The van der Waals surface area contributed by atoms with E-state index in [-0.39, 0.29) is 27.1 Å². The Kier molecular flexibility index (Phi) is 8.10. The van der Waals surface area contributed by atoms with E-state index in [1.54, 1.807) is 42.5 Å². The number of para-hydroxylation sites is 3. The summed E-state index contributed by atoms with van der Waals surface area (Å²) in [5, 5.41) is 6.28. The van der Waals surface area contributed by atoms with Gasteiger partial charge in [-0.05, 0) is 50.2 Å². The Morgan fingerprint density at radius 3 is 2.38 bits per heavy atom. The highest BCUT2D eigenvalue weighted by atomic mass is 35.5. The molecule has 3 aromatic rings. The van der Waals surface area contributed by atoms with E-state index < -0.39 is 11.5 Å². The number of anilines is 2. The van der Waals surface area contributed by atoms with Crippen LogP contribution < -0.4 is 26.7 Å². The average Bonchev–Trinajstić information content (AvgIpc) is 3.36. The van der Waals surface area contributed by atoms with Crippen LogP contribution in [0.5, 0.6) is 5.75 Å². The summed E-state index contributed by atoms with van der Waals surface area (Å²) in [7, 11) is 1.47. The molecule has 4 N–H and O–H groups in total. The second kappa shape index (κ2) is 11.0. The Morgan fingerprint density at radius 2 is 1.78 bits per heavy atom. The Labute approximate surface area is 195 Å². The van der Waals surface area contributed by atoms with Crippen molar-refractivity contribution in [2.24, 2.45) is 0 Å². The highest BCUT2D eigenvalue weighted by Crippen LogP contribution is 2.28. The Balaban J connectivity index is 0.000000509. The molecule has 2 aromatic carbocycles. The van der Waals surface area contributed by atoms with Crippen molar-refractivity contribution in [2.75, 3.05) is 31.2 Å². The maximum atomic E-state index is 12.9. The fourth-order valence-electron chi connectivity index (χ4n) is 3.12. The summed E-state index contributed by atoms with van der Waals surface area (Å²) in [4.78, 5) is 29.6. The molecule has 0 bridgehead atoms. The van der Waals surface area contributed by atoms with Crippen molar-refractivity contribution in [3.63, 3.8) is 0 Å². The lowest BCUT2D eigenvalue weighted by Crippen LogP contribution is -2.31. The van der Waals surface area contributed by atoms with Gasteiger partial charge in [-0.25, -0.2) is 4.98 Å². The summed E-state index contributed by atoms with van der Waals surface area (Å²) in [6, 6.07) is 11.5. The van der Waals surface area contributed by atoms with Gasteiger partial charge in [0.2, 0.25) is 0 Å². The van der Waals surface area contributed by atoms with Gasteiger partial charge < -0.3 is 21.1 Å². The van der Waals surface area contributed by atoms with Gasteiger partial charge in [-0.3, -0.25) is 14.2 Å². The van der Waals surface area contributed by atoms with Crippen LogP contribution in [0.1, 0.15) is 23.2 Å². The number of nitrogens with two attached hydrogens (primary N) is 1. The van der Waals surface area contributed by atoms with Crippen LogP contribution in [0.2, 0.25) is 10.0 Å². The number of halogens is 2. The molecule has 0 aliphatic carbocycles. The lowest BCUT2D eigenvalue weighted by Gasteiger charge is -2.13. The number of ether oxygens (including phenoxy) is 1. The number of amides is 1. The number of carbonyl (C=O) groups is 1. The molecule has 0 saturated carbocycles. The molecule has 168 valence electrons. The monoisotopic (exact) mass is 475 g/mol. The third-order valence-corrected chi connectivity index (χ3v) is 5.33. The molecule has 10 heteroatoms. The number of carbonyl (C=O) groups excluding carboxylic acids is 1. The summed E-state index contributed by atoms with van der Waals surface area (Å²) >= 11 is 12.3. The SMILES string of the molecule is C1CCNC1.COc1ccccc1NC(=O)c1c(N)ncn(-c2c(Cl)cccc2Cl)c1=O. The zero-order valence-corrected chi connectivity index (χ0v) is 18.9. The third kappa shape index (κ3) is 5.40. The van der Waals surface area contributed by atoms with Crippen LogP contribution >= 0.6 is 23.2 Å². The number of methoxy groups -OCH3 is 1. The van der Waals surface area contributed by atoms with Crippen LogP contribution in [-0.4, -0.2) is 35.7 Å². The van der Waals surface area contributed by atoms with Crippen molar-refractivity contribution in [3.05, 3.63) is 74.8 Å². The average molecular weight is 476 g/mol. The van der Waals surface area contributed by atoms with Crippen LogP contribution in [0.4, 0.5) is 11.5 Å². The lowest BCUT2D eigenvalue weighted by atomic mass is 10.2. The van der Waals surface area contributed by atoms with Crippen LogP contribution in [0.25, 0.3) is 5.69 Å². The molecule has 1 saturated heterocycles. The van der Waals surface area contributed by atoms with Gasteiger partial charge in [-0.1, -0.05) is 41.4 Å². The highest BCUT2D eigenvalue weighted by Gasteiger charge is 2.21. The van der Waals surface area contributed by atoms with Gasteiger partial charge in [0, 0.05) is 0 Å². The van der Waals surface area contributed by atoms with Crippen molar-refractivity contribution in [2.45, 2.75) is 12.8 Å². The van der Waals surface area contributed by atoms with E-state index >= 15 is 0 Å². The Morgan fingerprint density at radius 1 is 1.12 bits per heavy atom. The minimum Gasteiger partial charge on any atom is -0.495 e. The minimum absolute atomic E-state index is 0.213. The molecule has 0 unspecified atom stereocenters. The second-order valence-corrected chi connectivity index (χ2v) is 7.68. The summed E-state index contributed by atoms with van der Waals surface area (Å²) in [5.74, 6) is -0.512. The van der Waals surface area contributed by atoms with Gasteiger partial charge in [-0.15, -0.1) is 0 Å². The fourth-order valence-corrected chi connectivity index (χ4v) is 3.70. The van der Waals surface area contributed by atoms with E-state index in [0.717, 1.165) is 4.57 Å². The van der Waals surface area contributed by atoms with Gasteiger partial charge in [0.05, 0.1) is 28.5 Å². The van der Waals surface area contributed by atoms with Crippen LogP contribution in [-0.2, 0) is 0 Å². The quantitative estimate of drug-likeness (QED) is 0.529. The number of hydrogen-bond acceptors (Lipinski definition) is 6. The first-order valence-corrected chi connectivity index (χ1v) is 10.7. The van der Waals surface area contributed by atoms with Gasteiger partial charge in [0.15, 0.2) is 0 Å². The number of benzene rings is 2. The smallest absolute Gasteiger partial charge is 0.273 e. The molecular weight excluding hydrogens is 453 g/mol. The first kappa shape index (κ1) is 23.6. The van der Waals surface area contributed by atoms with Crippen molar-refractivity contribution in [1.29, 1.82) is 0 Å². The minimum atomic E-state index is -0.730. The molecule has 32 heavy (non-hydrogen) atoms. The number of nitrogen functional groups attached to an aromatic ring is 1. The largest absolute Gasteiger partial charge is 0.495 e. The highest BCUT2D eigenvalue weighted by molar-refractivity contribution is 6.37. The molecule has 1 fully saturated rings. The molecule has 8 nitrogen and oxygen atoms in total. The molecule has 4 rings (SSSR count). The Bertz CT molecular complexity index is 1130. The van der Waals surface area contributed by atoms with E-state index in [0.29, 0.717) is 11.4 Å². The van der Waals surface area contributed by atoms with Crippen LogP contribution in [0.3, 0.4) is 0 Å². The maximum Gasteiger partial charge on any atom is 0.273 e. The third-order valence-electron chi connectivity index (χ3n) is 4.72. The van der Waals surface area contributed by atoms with E-state index in [1.165, 1.54) is 39.4 Å². The maximum absolute atomic E-state index is 12.9. The molecule has 0 atom stereocenters. The lowest BCUT2D eigenvalue weighted by molar-refractivity contribution is 0.102. The number of nitrogens with zero attached hydrogens (tertiary/aromatic N) is 2. The van der Waals surface area contributed by atoms with Crippen molar-refractivity contribution < 1.29 is 9.53 Å². The molecule has 0 radical (unpaired) electrons. The van der Waals surface area contributed by atoms with E-state index in [2.05, 4.69) is 15.6 Å². The van der Waals surface area contributed by atoms with E-state index in [9.17, 15) is 9.59 Å². The summed E-state index contributed by atoms with van der Waals surface area (Å²) in [6.45, 7) is 2.50. The van der Waals surface area contributed by atoms with Crippen molar-refractivity contribution in [3.8, 4) is 11.4 Å². The summed E-state index contributed by atoms with van der Waals surface area (Å²) < 4.78 is 6.27. The first-order chi connectivity index (χ1) is 15.4. The van der Waals surface area contributed by atoms with Gasteiger partial charge >= 0.3 is 0 Å². The summed E-state index contributed by atoms with van der Waals surface area (Å²) in [5.41, 5.74) is 5.35. The molecule has 1 aliphatic rings. The van der Waals surface area contributed by atoms with E-state index in [4.69, 9.17) is 33.7 Å². The predicted molar refractivity (Wildman–Crippen MR) is 127 cm³/mol. The fraction of sp³-hybridized carbons (Fsp3) is 0.227. The van der Waals surface area contributed by atoms with Crippen LogP contribution in [0, 0.1) is 0 Å². The van der Waals surface area contributed by atoms with Crippen molar-refractivity contribution >= 4 is 40.6 Å². The first-order valence-electron chi connectivity index (χ1n) is 9.90. The topological polar surface area (TPSA) is 111 Å². The standard InChI is InChI=1S/C18H14Cl2N4O3.C4H9N/c1-27-13-8-3-2-7-12(13)23-17(25)14-16(21)22-9-24(18(14)26)15-10(19)5-4-6-11(15)20;1-2-4-5-3-1/h2-9H,21H2,1H3,(H,23,25);5H,1-4H2. The molecule has 1 amide bonds. The van der Waals surface area contributed by atoms with Crippen molar-refractivity contribution in [1.82, 2.24) is 14.9 Å². The normalized spacial score (nSPS) is 12.6. The zero-order valence-electron chi connectivity index (χ0n) is 17.4. The number of rotatable bonds is 4. The number of nitrogens with one attached hydrogen (secondary N) is 2. The van der Waals surface area contributed by atoms with Gasteiger partial charge in [0.25, 0.3) is 11.5 Å². The van der Waals surface area contributed by atoms with E-state index in [1.807, 2.05) is 0 Å². The van der Waals surface area contributed by atoms with Gasteiger partial charge in [0.1, 0.15) is 23.5 Å². The van der Waals surface area contributed by atoms with Gasteiger partial charge in [-0.2, -0.15) is 0 Å².